The summed E-state index contributed by atoms with van der Waals surface area (Å²) in [6.45, 7) is 1.38. The van der Waals surface area contributed by atoms with Gasteiger partial charge in [-0.2, -0.15) is 30.6 Å². The van der Waals surface area contributed by atoms with E-state index in [4.69, 9.17) is 5.73 Å². The Morgan fingerprint density at radius 2 is 1.70 bits per heavy atom. The molecule has 3 N–H and O–H groups in total. The van der Waals surface area contributed by atoms with Crippen LogP contribution in [0.25, 0.3) is 0 Å². The summed E-state index contributed by atoms with van der Waals surface area (Å²) in [5, 5.41) is 0. The fourth-order valence-electron chi connectivity index (χ4n) is 1.94. The molecule has 0 atom stereocenters. The average Bonchev–Trinajstić information content (AvgIpc) is 2.37. The molecule has 1 aliphatic heterocycles. The lowest BCUT2D eigenvalue weighted by Crippen LogP contribution is -2.53. The molecule has 1 aliphatic rings. The van der Waals surface area contributed by atoms with Gasteiger partial charge in [0, 0.05) is 26.2 Å². The van der Waals surface area contributed by atoms with E-state index >= 15 is 0 Å². The van der Waals surface area contributed by atoms with Crippen LogP contribution in [0.15, 0.2) is 0 Å². The number of rotatable bonds is 7. The molecule has 20 heavy (non-hydrogen) atoms. The van der Waals surface area contributed by atoms with E-state index in [1.54, 1.807) is 4.72 Å². The van der Waals surface area contributed by atoms with Gasteiger partial charge < -0.3 is 10.6 Å². The van der Waals surface area contributed by atoms with Crippen molar-refractivity contribution in [1.82, 2.24) is 13.9 Å². The van der Waals surface area contributed by atoms with E-state index < -0.39 is 22.9 Å². The van der Waals surface area contributed by atoms with Crippen LogP contribution in [0.3, 0.4) is 0 Å². The molecule has 0 radical (unpaired) electrons. The summed E-state index contributed by atoms with van der Waals surface area (Å²) in [6.07, 6.45) is -2.70. The first kappa shape index (κ1) is 17.6. The van der Waals surface area contributed by atoms with Crippen LogP contribution in [0.5, 0.6) is 0 Å². The number of nitrogens with zero attached hydrogens (tertiary/aromatic N) is 2. The van der Waals surface area contributed by atoms with Crippen molar-refractivity contribution in [3.8, 4) is 0 Å². The first-order chi connectivity index (χ1) is 9.24. The molecule has 120 valence electrons. The Morgan fingerprint density at radius 1 is 1.10 bits per heavy atom. The van der Waals surface area contributed by atoms with Crippen LogP contribution in [0, 0.1) is 0 Å². The molecule has 1 fully saturated rings. The quantitative estimate of drug-likeness (QED) is 0.634. The van der Waals surface area contributed by atoms with E-state index in [1.807, 2.05) is 0 Å². The number of nitrogens with one attached hydrogen (secondary N) is 1. The molecule has 0 saturated carbocycles. The zero-order chi connectivity index (χ0) is 15.2. The second-order valence-electron chi connectivity index (χ2n) is 4.68. The minimum Gasteiger partial charge on any atom is -0.330 e. The monoisotopic (exact) mass is 318 g/mol. The van der Waals surface area contributed by atoms with E-state index in [2.05, 4.69) is 4.90 Å². The van der Waals surface area contributed by atoms with Gasteiger partial charge in [-0.25, -0.2) is 0 Å². The van der Waals surface area contributed by atoms with Gasteiger partial charge in [0.05, 0.1) is 0 Å². The Kier molecular flexibility index (Phi) is 6.65. The summed E-state index contributed by atoms with van der Waals surface area (Å²) in [6, 6.07) is 0. The largest absolute Gasteiger partial charge is 0.402 e. The number of piperazine rings is 1. The van der Waals surface area contributed by atoms with Gasteiger partial charge in [0.15, 0.2) is 0 Å². The molecule has 0 unspecified atom stereocenters. The molecule has 0 spiro atoms. The van der Waals surface area contributed by atoms with Crippen molar-refractivity contribution in [1.29, 1.82) is 0 Å². The maximum absolute atomic E-state index is 12.0. The normalized spacial score (nSPS) is 19.4. The Morgan fingerprint density at radius 3 is 2.20 bits per heavy atom. The zero-order valence-corrected chi connectivity index (χ0v) is 12.0. The fourth-order valence-corrected chi connectivity index (χ4v) is 3.11. The standard InChI is InChI=1S/C10H21F3N4O2S/c11-10(12,13)9-15-20(18,19)17-7-5-16(6-8-17)4-2-1-3-14/h15H,1-9,14H2. The highest BCUT2D eigenvalue weighted by Gasteiger charge is 2.33. The fraction of sp³-hybridized carbons (Fsp3) is 1.00. The summed E-state index contributed by atoms with van der Waals surface area (Å²) in [7, 11) is -4.05. The van der Waals surface area contributed by atoms with Crippen molar-refractivity contribution in [2.24, 2.45) is 5.73 Å². The van der Waals surface area contributed by atoms with Crippen LogP contribution in [0.2, 0.25) is 0 Å². The van der Waals surface area contributed by atoms with Crippen LogP contribution >= 0.6 is 0 Å². The highest BCUT2D eigenvalue weighted by atomic mass is 32.2. The average molecular weight is 318 g/mol. The van der Waals surface area contributed by atoms with E-state index in [0.29, 0.717) is 19.6 Å². The highest BCUT2D eigenvalue weighted by molar-refractivity contribution is 7.87. The maximum atomic E-state index is 12.0. The van der Waals surface area contributed by atoms with Crippen molar-refractivity contribution in [3.63, 3.8) is 0 Å². The van der Waals surface area contributed by atoms with Crippen LogP contribution < -0.4 is 10.5 Å². The SMILES string of the molecule is NCCCCN1CCN(S(=O)(=O)NCC(F)(F)F)CC1. The van der Waals surface area contributed by atoms with Gasteiger partial charge in [-0.05, 0) is 25.9 Å². The lowest BCUT2D eigenvalue weighted by molar-refractivity contribution is -0.121. The van der Waals surface area contributed by atoms with Gasteiger partial charge in [0.25, 0.3) is 10.2 Å². The van der Waals surface area contributed by atoms with Crippen molar-refractivity contribution >= 4 is 10.2 Å². The lowest BCUT2D eigenvalue weighted by Gasteiger charge is -2.33. The van der Waals surface area contributed by atoms with Gasteiger partial charge in [0.2, 0.25) is 0 Å². The highest BCUT2D eigenvalue weighted by Crippen LogP contribution is 2.14. The molecule has 0 bridgehead atoms. The van der Waals surface area contributed by atoms with Gasteiger partial charge in [-0.1, -0.05) is 0 Å². The Hall–Kier alpha value is -0.420. The summed E-state index contributed by atoms with van der Waals surface area (Å²) in [4.78, 5) is 2.09. The van der Waals surface area contributed by atoms with Crippen molar-refractivity contribution in [2.45, 2.75) is 19.0 Å². The van der Waals surface area contributed by atoms with E-state index in [9.17, 15) is 21.6 Å². The zero-order valence-electron chi connectivity index (χ0n) is 11.2. The third kappa shape index (κ3) is 6.35. The van der Waals surface area contributed by atoms with Crippen LogP contribution in [-0.2, 0) is 10.2 Å². The number of hydrogen-bond donors (Lipinski definition) is 2. The molecule has 0 amide bonds. The third-order valence-corrected chi connectivity index (χ3v) is 4.61. The van der Waals surface area contributed by atoms with Gasteiger partial charge in [-0.15, -0.1) is 0 Å². The van der Waals surface area contributed by atoms with Gasteiger partial charge >= 0.3 is 6.18 Å². The topological polar surface area (TPSA) is 78.7 Å². The van der Waals surface area contributed by atoms with Crippen molar-refractivity contribution in [2.75, 3.05) is 45.8 Å². The van der Waals surface area contributed by atoms with Crippen LogP contribution in [-0.4, -0.2) is 69.6 Å². The molecule has 0 aromatic heterocycles. The summed E-state index contributed by atoms with van der Waals surface area (Å²) in [5.74, 6) is 0. The molecule has 1 rings (SSSR count). The molecule has 1 saturated heterocycles. The minimum atomic E-state index is -4.54. The second kappa shape index (κ2) is 7.55. The molecule has 10 heteroatoms. The van der Waals surface area contributed by atoms with Crippen molar-refractivity contribution in [3.05, 3.63) is 0 Å². The molecular weight excluding hydrogens is 297 g/mol. The smallest absolute Gasteiger partial charge is 0.330 e. The van der Waals surface area contributed by atoms with E-state index in [1.165, 1.54) is 0 Å². The number of unbranched alkanes of at least 4 members (excludes halogenated alkanes) is 1. The number of nitrogens with two attached hydrogens (primary N) is 1. The van der Waals surface area contributed by atoms with E-state index in [0.717, 1.165) is 23.7 Å². The Labute approximate surface area is 117 Å². The number of halogens is 3. The van der Waals surface area contributed by atoms with E-state index in [-0.39, 0.29) is 13.1 Å². The second-order valence-corrected chi connectivity index (χ2v) is 6.43. The lowest BCUT2D eigenvalue weighted by atomic mass is 10.2. The van der Waals surface area contributed by atoms with Gasteiger partial charge in [-0.3, -0.25) is 0 Å². The Balaban J connectivity index is 2.36. The summed E-state index contributed by atoms with van der Waals surface area (Å²) >= 11 is 0. The minimum absolute atomic E-state index is 0.204. The van der Waals surface area contributed by atoms with Gasteiger partial charge in [0.1, 0.15) is 6.54 Å². The molecule has 6 nitrogen and oxygen atoms in total. The summed E-state index contributed by atoms with van der Waals surface area (Å²) in [5.41, 5.74) is 5.39. The molecule has 1 heterocycles. The first-order valence-electron chi connectivity index (χ1n) is 6.48. The Bertz CT molecular complexity index is 380. The maximum Gasteiger partial charge on any atom is 0.402 e. The molecular formula is C10H21F3N4O2S. The molecule has 0 aliphatic carbocycles. The van der Waals surface area contributed by atoms with Crippen LogP contribution in [0.4, 0.5) is 13.2 Å². The first-order valence-corrected chi connectivity index (χ1v) is 7.92. The predicted octanol–water partition coefficient (Wildman–Crippen LogP) is -0.260. The molecule has 0 aromatic carbocycles. The summed E-state index contributed by atoms with van der Waals surface area (Å²) < 4.78 is 62.1. The number of hydrogen-bond acceptors (Lipinski definition) is 4. The van der Waals surface area contributed by atoms with Crippen molar-refractivity contribution < 1.29 is 21.6 Å². The molecule has 0 aromatic rings. The third-order valence-electron chi connectivity index (χ3n) is 3.05. The van der Waals surface area contributed by atoms with Crippen LogP contribution in [0.1, 0.15) is 12.8 Å². The number of alkyl halides is 3. The predicted molar refractivity (Wildman–Crippen MR) is 69.3 cm³/mol.